The highest BCUT2D eigenvalue weighted by molar-refractivity contribution is 5.85. The van der Waals surface area contributed by atoms with Gasteiger partial charge in [0.15, 0.2) is 0 Å². The van der Waals surface area contributed by atoms with Gasteiger partial charge in [0.25, 0.3) is 0 Å². The van der Waals surface area contributed by atoms with Gasteiger partial charge >= 0.3 is 5.97 Å². The number of carboxylic acid groups (broad SMARTS) is 1. The molecule has 0 amide bonds. The van der Waals surface area contributed by atoms with Crippen molar-refractivity contribution in [3.63, 3.8) is 0 Å². The first kappa shape index (κ1) is 15.3. The first-order chi connectivity index (χ1) is 8.90. The molecule has 19 heavy (non-hydrogen) atoms. The molecule has 1 aromatic carbocycles. The van der Waals surface area contributed by atoms with Crippen LogP contribution in [0, 0.1) is 19.8 Å². The van der Waals surface area contributed by atoms with Crippen LogP contribution in [0.1, 0.15) is 37.0 Å². The molecule has 3 heteroatoms. The third-order valence-corrected chi connectivity index (χ3v) is 2.84. The molecule has 0 saturated heterocycles. The van der Waals surface area contributed by atoms with Crippen molar-refractivity contribution in [2.24, 2.45) is 5.92 Å². The van der Waals surface area contributed by atoms with Crippen LogP contribution in [0.25, 0.3) is 6.08 Å². The van der Waals surface area contributed by atoms with E-state index >= 15 is 0 Å². The lowest BCUT2D eigenvalue weighted by molar-refractivity contribution is -0.131. The fourth-order valence-electron chi connectivity index (χ4n) is 1.87. The van der Waals surface area contributed by atoms with Crippen LogP contribution in [-0.4, -0.2) is 17.7 Å². The summed E-state index contributed by atoms with van der Waals surface area (Å²) in [4.78, 5) is 10.5. The summed E-state index contributed by atoms with van der Waals surface area (Å²) in [5, 5.41) is 8.62. The van der Waals surface area contributed by atoms with Crippen molar-refractivity contribution >= 4 is 12.0 Å². The topological polar surface area (TPSA) is 46.5 Å². The predicted molar refractivity (Wildman–Crippen MR) is 77.5 cm³/mol. The Morgan fingerprint density at radius 2 is 1.89 bits per heavy atom. The van der Waals surface area contributed by atoms with E-state index in [1.165, 1.54) is 0 Å². The summed E-state index contributed by atoms with van der Waals surface area (Å²) in [6, 6.07) is 3.88. The van der Waals surface area contributed by atoms with E-state index in [9.17, 15) is 4.79 Å². The normalized spacial score (nSPS) is 11.2. The predicted octanol–water partition coefficient (Wildman–Crippen LogP) is 3.83. The van der Waals surface area contributed by atoms with Gasteiger partial charge in [-0.15, -0.1) is 0 Å². The minimum absolute atomic E-state index is 0.624. The molecule has 0 radical (unpaired) electrons. The quantitative estimate of drug-likeness (QED) is 0.793. The highest BCUT2D eigenvalue weighted by Crippen LogP contribution is 2.25. The first-order valence-electron chi connectivity index (χ1n) is 6.55. The molecule has 0 fully saturated rings. The Kier molecular flexibility index (Phi) is 5.61. The number of benzene rings is 1. The zero-order valence-corrected chi connectivity index (χ0v) is 12.1. The number of ether oxygens (including phenoxy) is 1. The molecular formula is C16H22O3. The molecular weight excluding hydrogens is 240 g/mol. The Hall–Kier alpha value is -1.77. The van der Waals surface area contributed by atoms with Gasteiger partial charge in [-0.2, -0.15) is 0 Å². The van der Waals surface area contributed by atoms with Gasteiger partial charge in [0.2, 0.25) is 0 Å². The Morgan fingerprint density at radius 3 is 2.37 bits per heavy atom. The first-order valence-corrected chi connectivity index (χ1v) is 6.55. The fourth-order valence-corrected chi connectivity index (χ4v) is 1.87. The van der Waals surface area contributed by atoms with Crippen molar-refractivity contribution in [2.75, 3.05) is 6.61 Å². The lowest BCUT2D eigenvalue weighted by atomic mass is 10.1. The van der Waals surface area contributed by atoms with Crippen LogP contribution >= 0.6 is 0 Å². The maximum atomic E-state index is 10.5. The molecule has 0 aliphatic rings. The monoisotopic (exact) mass is 262 g/mol. The summed E-state index contributed by atoms with van der Waals surface area (Å²) < 4.78 is 5.82. The summed E-state index contributed by atoms with van der Waals surface area (Å²) >= 11 is 0. The van der Waals surface area contributed by atoms with Crippen molar-refractivity contribution in [1.82, 2.24) is 0 Å². The molecule has 0 heterocycles. The highest BCUT2D eigenvalue weighted by Gasteiger charge is 2.06. The summed E-state index contributed by atoms with van der Waals surface area (Å²) in [6.45, 7) is 9.01. The summed E-state index contributed by atoms with van der Waals surface area (Å²) in [6.07, 6.45) is 3.77. The van der Waals surface area contributed by atoms with E-state index in [0.717, 1.165) is 34.9 Å². The number of aryl methyl sites for hydroxylation is 2. The lowest BCUT2D eigenvalue weighted by Gasteiger charge is -2.14. The van der Waals surface area contributed by atoms with Gasteiger partial charge in [0, 0.05) is 6.08 Å². The Morgan fingerprint density at radius 1 is 1.32 bits per heavy atom. The van der Waals surface area contributed by atoms with Gasteiger partial charge < -0.3 is 9.84 Å². The van der Waals surface area contributed by atoms with Gasteiger partial charge in [0.1, 0.15) is 5.75 Å². The molecule has 1 N–H and O–H groups in total. The smallest absolute Gasteiger partial charge is 0.328 e. The van der Waals surface area contributed by atoms with E-state index in [4.69, 9.17) is 9.84 Å². The fraction of sp³-hybridized carbons (Fsp3) is 0.438. The lowest BCUT2D eigenvalue weighted by Crippen LogP contribution is -2.04. The van der Waals surface area contributed by atoms with Crippen LogP contribution in [0.15, 0.2) is 18.2 Å². The van der Waals surface area contributed by atoms with Crippen LogP contribution in [0.5, 0.6) is 5.75 Å². The number of carbonyl (C=O) groups is 1. The molecule has 0 saturated carbocycles. The Balaban J connectivity index is 2.82. The second-order valence-electron chi connectivity index (χ2n) is 5.19. The second-order valence-corrected chi connectivity index (χ2v) is 5.19. The van der Waals surface area contributed by atoms with Crippen molar-refractivity contribution in [2.45, 2.75) is 34.1 Å². The molecule has 3 nitrogen and oxygen atoms in total. The zero-order valence-electron chi connectivity index (χ0n) is 12.1. The number of hydrogen-bond donors (Lipinski definition) is 1. The van der Waals surface area contributed by atoms with Crippen molar-refractivity contribution in [1.29, 1.82) is 0 Å². The van der Waals surface area contributed by atoms with Crippen LogP contribution in [0.3, 0.4) is 0 Å². The van der Waals surface area contributed by atoms with Crippen LogP contribution < -0.4 is 4.74 Å². The van der Waals surface area contributed by atoms with Gasteiger partial charge in [0.05, 0.1) is 6.61 Å². The number of hydrogen-bond acceptors (Lipinski definition) is 2. The molecule has 0 aromatic heterocycles. The molecule has 0 aliphatic carbocycles. The summed E-state index contributed by atoms with van der Waals surface area (Å²) in [5.41, 5.74) is 2.95. The van der Waals surface area contributed by atoms with E-state index in [1.807, 2.05) is 26.0 Å². The minimum Gasteiger partial charge on any atom is -0.493 e. The van der Waals surface area contributed by atoms with Crippen LogP contribution in [0.2, 0.25) is 0 Å². The number of aliphatic carboxylic acids is 1. The number of carboxylic acids is 1. The van der Waals surface area contributed by atoms with Crippen LogP contribution in [0.4, 0.5) is 0 Å². The maximum absolute atomic E-state index is 10.5. The van der Waals surface area contributed by atoms with Crippen molar-refractivity contribution < 1.29 is 14.6 Å². The third kappa shape index (κ3) is 5.16. The Labute approximate surface area is 114 Å². The average molecular weight is 262 g/mol. The molecule has 0 aliphatic heterocycles. The molecule has 1 aromatic rings. The molecule has 0 spiro atoms. The van der Waals surface area contributed by atoms with E-state index in [-0.39, 0.29) is 0 Å². The van der Waals surface area contributed by atoms with Crippen molar-refractivity contribution in [3.05, 3.63) is 34.9 Å². The molecule has 104 valence electrons. The summed E-state index contributed by atoms with van der Waals surface area (Å²) in [5.74, 6) is 0.596. The molecule has 0 unspecified atom stereocenters. The van der Waals surface area contributed by atoms with Gasteiger partial charge in [-0.3, -0.25) is 0 Å². The van der Waals surface area contributed by atoms with Gasteiger partial charge in [-0.25, -0.2) is 4.79 Å². The third-order valence-electron chi connectivity index (χ3n) is 2.84. The van der Waals surface area contributed by atoms with E-state index in [1.54, 1.807) is 6.08 Å². The minimum atomic E-state index is -0.937. The van der Waals surface area contributed by atoms with Crippen molar-refractivity contribution in [3.8, 4) is 5.75 Å². The molecule has 1 rings (SSSR count). The van der Waals surface area contributed by atoms with Gasteiger partial charge in [-0.05, 0) is 61.1 Å². The standard InChI is InChI=1S/C16H22O3/c1-11(2)7-8-19-16-12(3)9-14(10-13(16)4)5-6-15(17)18/h5-6,9-11H,7-8H2,1-4H3,(H,17,18)/b6-5+. The second kappa shape index (κ2) is 6.98. The molecule has 0 atom stereocenters. The van der Waals surface area contributed by atoms with E-state index in [0.29, 0.717) is 12.5 Å². The van der Waals surface area contributed by atoms with E-state index < -0.39 is 5.97 Å². The zero-order chi connectivity index (χ0) is 14.4. The van der Waals surface area contributed by atoms with E-state index in [2.05, 4.69) is 13.8 Å². The summed E-state index contributed by atoms with van der Waals surface area (Å²) in [7, 11) is 0. The highest BCUT2D eigenvalue weighted by atomic mass is 16.5. The van der Waals surface area contributed by atoms with Crippen LogP contribution in [-0.2, 0) is 4.79 Å². The maximum Gasteiger partial charge on any atom is 0.328 e. The number of rotatable bonds is 6. The van der Waals surface area contributed by atoms with Gasteiger partial charge in [-0.1, -0.05) is 13.8 Å². The molecule has 0 bridgehead atoms. The Bertz CT molecular complexity index is 450. The SMILES string of the molecule is Cc1cc(/C=C/C(=O)O)cc(C)c1OCCC(C)C. The average Bonchev–Trinajstić information content (AvgIpc) is 2.29. The largest absolute Gasteiger partial charge is 0.493 e.